The third kappa shape index (κ3) is 4.27. The van der Waals surface area contributed by atoms with Crippen molar-refractivity contribution in [3.05, 3.63) is 53.7 Å². The van der Waals surface area contributed by atoms with Gasteiger partial charge in [0.05, 0.1) is 24.0 Å². The lowest BCUT2D eigenvalue weighted by atomic mass is 10.0. The Hall–Kier alpha value is -2.93. The number of hydrogen-bond donors (Lipinski definition) is 5. The van der Waals surface area contributed by atoms with Crippen LogP contribution in [0.1, 0.15) is 24.1 Å². The molecule has 0 fully saturated rings. The number of aliphatic hydroxyl groups excluding tert-OH is 1. The molecule has 1 aromatic heterocycles. The van der Waals surface area contributed by atoms with Crippen molar-refractivity contribution in [2.24, 2.45) is 0 Å². The summed E-state index contributed by atoms with van der Waals surface area (Å²) in [6, 6.07) is 9.63. The number of nitrogens with zero attached hydrogens (tertiary/aromatic N) is 1. The molecule has 23 heavy (non-hydrogen) atoms. The summed E-state index contributed by atoms with van der Waals surface area (Å²) in [6.07, 6.45) is 1.70. The summed E-state index contributed by atoms with van der Waals surface area (Å²) in [5, 5.41) is 22.4. The van der Waals surface area contributed by atoms with E-state index in [2.05, 4.69) is 15.6 Å². The van der Waals surface area contributed by atoms with E-state index in [1.54, 1.807) is 6.92 Å². The fraction of sp³-hybridized carbons (Fsp3) is 0.188. The fourth-order valence-corrected chi connectivity index (χ4v) is 2.11. The van der Waals surface area contributed by atoms with Crippen molar-refractivity contribution < 1.29 is 9.90 Å². The van der Waals surface area contributed by atoms with Crippen LogP contribution in [0.5, 0.6) is 0 Å². The summed E-state index contributed by atoms with van der Waals surface area (Å²) in [7, 11) is 0. The number of benzene rings is 1. The van der Waals surface area contributed by atoms with E-state index in [-0.39, 0.29) is 5.82 Å². The third-order valence-electron chi connectivity index (χ3n) is 3.29. The number of nitrogen functional groups attached to an aromatic ring is 1. The number of pyridine rings is 1. The average Bonchev–Trinajstić information content (AvgIpc) is 2.55. The van der Waals surface area contributed by atoms with E-state index in [1.165, 1.54) is 12.3 Å². The van der Waals surface area contributed by atoms with Crippen molar-refractivity contribution in [2.75, 3.05) is 11.1 Å². The standard InChI is InChI=1S/C16H19N5O2/c1-10(22)15(11-5-3-2-4-6-11)21-16(23)20-14-7-12(8-17)13(18)9-19-14/h2-10,15,17,22H,18H2,1H3,(H2,19,20,21,23)/t10-,15?/m1/s1. The molecule has 2 aromatic rings. The summed E-state index contributed by atoms with van der Waals surface area (Å²) in [5.41, 5.74) is 7.27. The molecule has 120 valence electrons. The normalized spacial score (nSPS) is 13.0. The predicted octanol–water partition coefficient (Wildman–Crippen LogP) is 1.91. The number of nitrogens with two attached hydrogens (primary N) is 1. The highest BCUT2D eigenvalue weighted by molar-refractivity contribution is 5.91. The highest BCUT2D eigenvalue weighted by atomic mass is 16.3. The van der Waals surface area contributed by atoms with Crippen LogP contribution in [0.2, 0.25) is 0 Å². The zero-order valence-corrected chi connectivity index (χ0v) is 12.7. The first kappa shape index (κ1) is 16.4. The number of carbonyl (C=O) groups excluding carboxylic acids is 1. The van der Waals surface area contributed by atoms with Crippen LogP contribution in [0.4, 0.5) is 16.3 Å². The van der Waals surface area contributed by atoms with Crippen molar-refractivity contribution in [1.29, 1.82) is 5.41 Å². The third-order valence-corrected chi connectivity index (χ3v) is 3.29. The zero-order valence-electron chi connectivity index (χ0n) is 12.7. The summed E-state index contributed by atoms with van der Waals surface area (Å²) in [4.78, 5) is 16.1. The Morgan fingerprint density at radius 3 is 2.70 bits per heavy atom. The second-order valence-corrected chi connectivity index (χ2v) is 5.07. The van der Waals surface area contributed by atoms with E-state index in [4.69, 9.17) is 11.1 Å². The Morgan fingerprint density at radius 2 is 2.09 bits per heavy atom. The van der Waals surface area contributed by atoms with Gasteiger partial charge in [0.2, 0.25) is 0 Å². The molecule has 1 aromatic carbocycles. The molecular formula is C16H19N5O2. The van der Waals surface area contributed by atoms with Gasteiger partial charge < -0.3 is 21.6 Å². The van der Waals surface area contributed by atoms with Gasteiger partial charge in [0, 0.05) is 11.8 Å². The molecule has 7 nitrogen and oxygen atoms in total. The van der Waals surface area contributed by atoms with E-state index in [0.717, 1.165) is 11.8 Å². The maximum atomic E-state index is 12.1. The van der Waals surface area contributed by atoms with Crippen LogP contribution in [0, 0.1) is 5.41 Å². The molecule has 0 aliphatic carbocycles. The molecule has 0 aliphatic heterocycles. The number of hydrogen-bond acceptors (Lipinski definition) is 5. The number of aliphatic hydroxyl groups is 1. The van der Waals surface area contributed by atoms with Gasteiger partial charge in [-0.1, -0.05) is 30.3 Å². The van der Waals surface area contributed by atoms with Gasteiger partial charge in [-0.15, -0.1) is 0 Å². The lowest BCUT2D eigenvalue weighted by molar-refractivity contribution is 0.148. The van der Waals surface area contributed by atoms with E-state index in [1.807, 2.05) is 30.3 Å². The van der Waals surface area contributed by atoms with E-state index in [0.29, 0.717) is 11.3 Å². The zero-order chi connectivity index (χ0) is 16.8. The number of rotatable bonds is 5. The lowest BCUT2D eigenvalue weighted by Gasteiger charge is -2.22. The minimum atomic E-state index is -0.764. The molecule has 1 heterocycles. The predicted molar refractivity (Wildman–Crippen MR) is 89.6 cm³/mol. The number of anilines is 2. The van der Waals surface area contributed by atoms with Crippen LogP contribution in [0.15, 0.2) is 42.6 Å². The van der Waals surface area contributed by atoms with Gasteiger partial charge >= 0.3 is 6.03 Å². The molecule has 2 amide bonds. The first-order valence-electron chi connectivity index (χ1n) is 7.07. The van der Waals surface area contributed by atoms with Gasteiger partial charge in [0.25, 0.3) is 0 Å². The Kier molecular flexibility index (Phi) is 5.27. The fourth-order valence-electron chi connectivity index (χ4n) is 2.11. The molecule has 2 atom stereocenters. The molecule has 7 heteroatoms. The van der Waals surface area contributed by atoms with E-state index < -0.39 is 18.2 Å². The van der Waals surface area contributed by atoms with Crippen LogP contribution in [0.25, 0.3) is 0 Å². The molecule has 0 saturated heterocycles. The van der Waals surface area contributed by atoms with Gasteiger partial charge in [-0.2, -0.15) is 0 Å². The topological polar surface area (TPSA) is 124 Å². The smallest absolute Gasteiger partial charge is 0.320 e. The average molecular weight is 313 g/mol. The van der Waals surface area contributed by atoms with Crippen molar-refractivity contribution >= 4 is 23.8 Å². The molecular weight excluding hydrogens is 294 g/mol. The quantitative estimate of drug-likeness (QED) is 0.541. The highest BCUT2D eigenvalue weighted by Crippen LogP contribution is 2.17. The molecule has 2 rings (SSSR count). The summed E-state index contributed by atoms with van der Waals surface area (Å²) < 4.78 is 0. The number of nitrogens with one attached hydrogen (secondary N) is 3. The Balaban J connectivity index is 2.09. The number of carbonyl (C=O) groups is 1. The number of urea groups is 1. The molecule has 0 radical (unpaired) electrons. The minimum Gasteiger partial charge on any atom is -0.397 e. The maximum absolute atomic E-state index is 12.1. The van der Waals surface area contributed by atoms with Crippen molar-refractivity contribution in [2.45, 2.75) is 19.1 Å². The van der Waals surface area contributed by atoms with E-state index >= 15 is 0 Å². The first-order chi connectivity index (χ1) is 11.0. The second-order valence-electron chi connectivity index (χ2n) is 5.07. The molecule has 0 bridgehead atoms. The second kappa shape index (κ2) is 7.37. The summed E-state index contributed by atoms with van der Waals surface area (Å²) >= 11 is 0. The lowest BCUT2D eigenvalue weighted by Crippen LogP contribution is -2.37. The monoisotopic (exact) mass is 313 g/mol. The van der Waals surface area contributed by atoms with Gasteiger partial charge in [0.15, 0.2) is 0 Å². The minimum absolute atomic E-state index is 0.271. The van der Waals surface area contributed by atoms with Crippen molar-refractivity contribution in [1.82, 2.24) is 10.3 Å². The SMILES string of the molecule is C[C@@H](O)C(NC(=O)Nc1cc(C=N)c(N)cn1)c1ccccc1. The van der Waals surface area contributed by atoms with Gasteiger partial charge in [-0.05, 0) is 18.6 Å². The van der Waals surface area contributed by atoms with Crippen LogP contribution < -0.4 is 16.4 Å². The number of amides is 2. The summed E-state index contributed by atoms with van der Waals surface area (Å²) in [6.45, 7) is 1.60. The Morgan fingerprint density at radius 1 is 1.39 bits per heavy atom. The van der Waals surface area contributed by atoms with Crippen molar-refractivity contribution in [3.8, 4) is 0 Å². The maximum Gasteiger partial charge on any atom is 0.320 e. The van der Waals surface area contributed by atoms with Crippen molar-refractivity contribution in [3.63, 3.8) is 0 Å². The first-order valence-corrected chi connectivity index (χ1v) is 7.07. The molecule has 0 aliphatic rings. The summed E-state index contributed by atoms with van der Waals surface area (Å²) in [5.74, 6) is 0.271. The van der Waals surface area contributed by atoms with Gasteiger partial charge in [0.1, 0.15) is 5.82 Å². The Labute approximate surface area is 134 Å². The van der Waals surface area contributed by atoms with Crippen LogP contribution in [-0.4, -0.2) is 28.4 Å². The molecule has 0 saturated carbocycles. The van der Waals surface area contributed by atoms with Crippen LogP contribution in [-0.2, 0) is 0 Å². The van der Waals surface area contributed by atoms with E-state index in [9.17, 15) is 9.90 Å². The Bertz CT molecular complexity index is 688. The highest BCUT2D eigenvalue weighted by Gasteiger charge is 2.19. The molecule has 1 unspecified atom stereocenters. The van der Waals surface area contributed by atoms with Crippen LogP contribution in [0.3, 0.4) is 0 Å². The number of aromatic nitrogens is 1. The van der Waals surface area contributed by atoms with Gasteiger partial charge in [-0.3, -0.25) is 5.32 Å². The largest absolute Gasteiger partial charge is 0.397 e. The molecule has 0 spiro atoms. The molecule has 6 N–H and O–H groups in total. The van der Waals surface area contributed by atoms with Crippen LogP contribution >= 0.6 is 0 Å². The van der Waals surface area contributed by atoms with Gasteiger partial charge in [-0.25, -0.2) is 9.78 Å².